The number of rotatable bonds is 16. The minimum atomic E-state index is -0.578. The molecule has 0 aromatic heterocycles. The normalized spacial score (nSPS) is 11.2. The number of fused-ring (bicyclic) bond motifs is 1. The number of benzene rings is 2. The maximum Gasteiger partial charge on any atom is 0.239 e. The van der Waals surface area contributed by atoms with Crippen LogP contribution in [0.3, 0.4) is 0 Å². The first-order chi connectivity index (χ1) is 19.6. The predicted molar refractivity (Wildman–Crippen MR) is 156 cm³/mol. The molecule has 0 aliphatic heterocycles. The molecule has 2 rings (SSSR count). The van der Waals surface area contributed by atoms with E-state index < -0.39 is 17.7 Å². The Morgan fingerprint density at radius 3 is 1.88 bits per heavy atom. The second-order valence-corrected chi connectivity index (χ2v) is 10.3. The minimum absolute atomic E-state index is 0.0777. The number of hydrogen-bond acceptors (Lipinski definition) is 8. The molecule has 5 N–H and O–H groups in total. The summed E-state index contributed by atoms with van der Waals surface area (Å²) in [6, 6.07) is 11.7. The topological polar surface area (TPSA) is 172 Å². The van der Waals surface area contributed by atoms with Crippen molar-refractivity contribution in [3.8, 4) is 5.75 Å². The molecule has 0 aliphatic rings. The number of hydrogen-bond donors (Lipinski definition) is 5. The first-order valence-corrected chi connectivity index (χ1v) is 14.1. The molecule has 222 valence electrons. The highest BCUT2D eigenvalue weighted by Gasteiger charge is 2.15. The van der Waals surface area contributed by atoms with E-state index in [1.807, 2.05) is 43.3 Å². The van der Waals surface area contributed by atoms with E-state index in [0.717, 1.165) is 33.8 Å². The van der Waals surface area contributed by atoms with Gasteiger partial charge in [0.05, 0.1) is 38.4 Å². The first kappa shape index (κ1) is 33.1. The van der Waals surface area contributed by atoms with Gasteiger partial charge >= 0.3 is 0 Å². The van der Waals surface area contributed by atoms with E-state index in [9.17, 15) is 28.8 Å². The molecule has 41 heavy (non-hydrogen) atoms. The lowest BCUT2D eigenvalue weighted by molar-refractivity contribution is -0.128. The molecule has 1 atom stereocenters. The van der Waals surface area contributed by atoms with Gasteiger partial charge in [0.15, 0.2) is 5.12 Å². The lowest BCUT2D eigenvalue weighted by Gasteiger charge is -2.14. The number of methoxy groups -OCH3 is 1. The Morgan fingerprint density at radius 1 is 0.732 bits per heavy atom. The smallest absolute Gasteiger partial charge is 0.239 e. The molecule has 0 fully saturated rings. The van der Waals surface area contributed by atoms with Crippen LogP contribution in [-0.4, -0.2) is 80.2 Å². The SMILES string of the molecule is COc1ccc2cc([C@H](C)C(=O)NCCCCNC(=O)CNC(=O)CNC(=O)CNC(=O)CSC(C)=O)ccc2c1. The van der Waals surface area contributed by atoms with E-state index in [0.29, 0.717) is 25.9 Å². The molecule has 0 saturated heterocycles. The largest absolute Gasteiger partial charge is 0.497 e. The number of unbranched alkanes of at least 4 members (excludes halogenated alkanes) is 1. The van der Waals surface area contributed by atoms with E-state index in [2.05, 4.69) is 26.6 Å². The summed E-state index contributed by atoms with van der Waals surface area (Å²) in [5.41, 5.74) is 0.918. The Balaban J connectivity index is 1.54. The van der Waals surface area contributed by atoms with Gasteiger partial charge in [-0.15, -0.1) is 0 Å². The van der Waals surface area contributed by atoms with Crippen molar-refractivity contribution in [1.82, 2.24) is 26.6 Å². The summed E-state index contributed by atoms with van der Waals surface area (Å²) >= 11 is 0.826. The molecule has 0 aliphatic carbocycles. The zero-order chi connectivity index (χ0) is 30.2. The van der Waals surface area contributed by atoms with Crippen molar-refractivity contribution in [2.45, 2.75) is 32.6 Å². The third-order valence-electron chi connectivity index (χ3n) is 5.93. The van der Waals surface area contributed by atoms with E-state index in [1.165, 1.54) is 6.92 Å². The highest BCUT2D eigenvalue weighted by molar-refractivity contribution is 8.14. The molecule has 0 bridgehead atoms. The average Bonchev–Trinajstić information content (AvgIpc) is 2.97. The molecule has 12 nitrogen and oxygen atoms in total. The van der Waals surface area contributed by atoms with Crippen LogP contribution in [0.15, 0.2) is 36.4 Å². The summed E-state index contributed by atoms with van der Waals surface area (Å²) < 4.78 is 5.25. The van der Waals surface area contributed by atoms with Gasteiger partial charge in [0.1, 0.15) is 5.75 Å². The quantitative estimate of drug-likeness (QED) is 0.178. The summed E-state index contributed by atoms with van der Waals surface area (Å²) in [4.78, 5) is 70.3. The maximum atomic E-state index is 12.6. The molecule has 0 radical (unpaired) electrons. The van der Waals surface area contributed by atoms with Crippen molar-refractivity contribution >= 4 is 57.2 Å². The van der Waals surface area contributed by atoms with Crippen LogP contribution in [0.5, 0.6) is 5.75 Å². The maximum absolute atomic E-state index is 12.6. The molecule has 0 unspecified atom stereocenters. The minimum Gasteiger partial charge on any atom is -0.497 e. The zero-order valence-electron chi connectivity index (χ0n) is 23.5. The van der Waals surface area contributed by atoms with Crippen LogP contribution in [0.1, 0.15) is 38.2 Å². The van der Waals surface area contributed by atoms with Crippen molar-refractivity contribution in [1.29, 1.82) is 0 Å². The highest BCUT2D eigenvalue weighted by Crippen LogP contribution is 2.25. The fourth-order valence-electron chi connectivity index (χ4n) is 3.57. The van der Waals surface area contributed by atoms with Gasteiger partial charge < -0.3 is 31.3 Å². The molecule has 13 heteroatoms. The van der Waals surface area contributed by atoms with Crippen molar-refractivity contribution in [3.63, 3.8) is 0 Å². The summed E-state index contributed by atoms with van der Waals surface area (Å²) in [7, 11) is 1.62. The van der Waals surface area contributed by atoms with Gasteiger partial charge in [-0.25, -0.2) is 0 Å². The number of carbonyl (C=O) groups is 6. The monoisotopic (exact) mass is 587 g/mol. The lowest BCUT2D eigenvalue weighted by atomic mass is 9.97. The summed E-state index contributed by atoms with van der Waals surface area (Å²) in [5.74, 6) is -1.69. The molecule has 2 aromatic rings. The van der Waals surface area contributed by atoms with Crippen LogP contribution in [-0.2, 0) is 28.8 Å². The predicted octanol–water partition coefficient (Wildman–Crippen LogP) is 0.593. The van der Waals surface area contributed by atoms with E-state index in [1.54, 1.807) is 7.11 Å². The van der Waals surface area contributed by atoms with Crippen LogP contribution in [0.25, 0.3) is 10.8 Å². The Morgan fingerprint density at radius 2 is 1.27 bits per heavy atom. The molecular weight excluding hydrogens is 550 g/mol. The molecule has 0 heterocycles. The van der Waals surface area contributed by atoms with Gasteiger partial charge in [-0.05, 0) is 48.2 Å². The Hall–Kier alpha value is -4.13. The molecule has 5 amide bonds. The zero-order valence-corrected chi connectivity index (χ0v) is 24.3. The Labute approximate surface area is 243 Å². The Kier molecular flexibility index (Phi) is 14.1. The average molecular weight is 588 g/mol. The van der Waals surface area contributed by atoms with Crippen LogP contribution in [0.2, 0.25) is 0 Å². The first-order valence-electron chi connectivity index (χ1n) is 13.1. The number of nitrogens with one attached hydrogen (secondary N) is 5. The van der Waals surface area contributed by atoms with E-state index in [4.69, 9.17) is 4.74 Å². The van der Waals surface area contributed by atoms with Crippen LogP contribution in [0, 0.1) is 0 Å². The number of ether oxygens (including phenoxy) is 1. The fourth-order valence-corrected chi connectivity index (χ4v) is 4.01. The van der Waals surface area contributed by atoms with Crippen LogP contribution in [0.4, 0.5) is 0 Å². The third kappa shape index (κ3) is 12.7. The number of thioether (sulfide) groups is 1. The Bertz CT molecular complexity index is 1250. The van der Waals surface area contributed by atoms with Gasteiger partial charge in [-0.2, -0.15) is 0 Å². The van der Waals surface area contributed by atoms with Gasteiger partial charge in [0.25, 0.3) is 0 Å². The fraction of sp³-hybridized carbons (Fsp3) is 0.429. The van der Waals surface area contributed by atoms with Crippen LogP contribution < -0.4 is 31.3 Å². The van der Waals surface area contributed by atoms with Gasteiger partial charge in [0.2, 0.25) is 29.5 Å². The van der Waals surface area contributed by atoms with Crippen molar-refractivity contribution in [2.75, 3.05) is 45.6 Å². The third-order valence-corrected chi connectivity index (χ3v) is 6.75. The van der Waals surface area contributed by atoms with Gasteiger partial charge in [-0.1, -0.05) is 36.0 Å². The molecular formula is C28H37N5O7S. The standard InChI is InChI=1S/C28H37N5O7S/c1-18(20-6-7-22-13-23(40-3)9-8-21(22)12-20)28(39)30-11-5-4-10-29-24(35)14-31-25(36)15-32-26(37)16-33-27(38)17-41-19(2)34/h6-9,12-13,18H,4-5,10-11,14-17H2,1-3H3,(H,29,35)(H,30,39)(H,31,36)(H,32,37)(H,33,38)/t18-/m0/s1. The molecule has 0 spiro atoms. The van der Waals surface area contributed by atoms with Crippen molar-refractivity contribution < 1.29 is 33.5 Å². The lowest BCUT2D eigenvalue weighted by Crippen LogP contribution is -2.44. The second kappa shape index (κ2) is 17.5. The van der Waals surface area contributed by atoms with Gasteiger partial charge in [0, 0.05) is 20.0 Å². The van der Waals surface area contributed by atoms with Crippen molar-refractivity contribution in [3.05, 3.63) is 42.0 Å². The van der Waals surface area contributed by atoms with Gasteiger partial charge in [-0.3, -0.25) is 28.8 Å². The van der Waals surface area contributed by atoms with E-state index in [-0.39, 0.29) is 48.2 Å². The number of amides is 5. The number of carbonyl (C=O) groups excluding carboxylic acids is 6. The summed E-state index contributed by atoms with van der Waals surface area (Å²) in [6.45, 7) is 3.11. The summed E-state index contributed by atoms with van der Waals surface area (Å²) in [6.07, 6.45) is 1.30. The molecule has 0 saturated carbocycles. The highest BCUT2D eigenvalue weighted by atomic mass is 32.2. The van der Waals surface area contributed by atoms with Crippen LogP contribution >= 0.6 is 11.8 Å². The van der Waals surface area contributed by atoms with Crippen molar-refractivity contribution in [2.24, 2.45) is 0 Å². The van der Waals surface area contributed by atoms with E-state index >= 15 is 0 Å². The second-order valence-electron chi connectivity index (χ2n) is 9.15. The molecule has 2 aromatic carbocycles. The summed E-state index contributed by atoms with van der Waals surface area (Å²) in [5, 5.41) is 14.5.